The highest BCUT2D eigenvalue weighted by molar-refractivity contribution is 7.18. The number of nitrogens with two attached hydrogens (primary N) is 1. The van der Waals surface area contributed by atoms with E-state index in [0.29, 0.717) is 23.0 Å². The van der Waals surface area contributed by atoms with Gasteiger partial charge in [0.2, 0.25) is 0 Å². The molecular formula is C13H19N5OS2. The number of carbonyl (C=O) groups is 1. The maximum Gasteiger partial charge on any atom is 0.265 e. The summed E-state index contributed by atoms with van der Waals surface area (Å²) < 4.78 is 0. The molecule has 0 saturated carbocycles. The number of hydrogen-bond donors (Lipinski definition) is 3. The Morgan fingerprint density at radius 3 is 2.81 bits per heavy atom. The summed E-state index contributed by atoms with van der Waals surface area (Å²) >= 11 is 2.88. The number of nitrogens with zero attached hydrogens (tertiary/aromatic N) is 2. The van der Waals surface area contributed by atoms with Gasteiger partial charge < -0.3 is 16.4 Å². The van der Waals surface area contributed by atoms with E-state index in [1.54, 1.807) is 11.3 Å². The summed E-state index contributed by atoms with van der Waals surface area (Å²) in [5.41, 5.74) is 6.79. The Hall–Kier alpha value is -1.67. The highest BCUT2D eigenvalue weighted by Gasteiger charge is 2.16. The summed E-state index contributed by atoms with van der Waals surface area (Å²) in [7, 11) is 0. The van der Waals surface area contributed by atoms with Crippen molar-refractivity contribution in [3.63, 3.8) is 0 Å². The van der Waals surface area contributed by atoms with Gasteiger partial charge >= 0.3 is 0 Å². The minimum atomic E-state index is -0.186. The van der Waals surface area contributed by atoms with Crippen LogP contribution in [0.3, 0.4) is 0 Å². The van der Waals surface area contributed by atoms with Crippen LogP contribution in [-0.4, -0.2) is 28.5 Å². The normalized spacial score (nSPS) is 10.9. The molecule has 0 spiro atoms. The molecule has 0 radical (unpaired) electrons. The van der Waals surface area contributed by atoms with E-state index in [1.165, 1.54) is 11.3 Å². The van der Waals surface area contributed by atoms with Gasteiger partial charge in [-0.3, -0.25) is 4.79 Å². The molecule has 0 saturated heterocycles. The second-order valence-corrected chi connectivity index (χ2v) is 6.96. The van der Waals surface area contributed by atoms with Gasteiger partial charge in [0.05, 0.1) is 10.7 Å². The molecule has 6 nitrogen and oxygen atoms in total. The lowest BCUT2D eigenvalue weighted by molar-refractivity contribution is 0.0959. The van der Waals surface area contributed by atoms with Crippen LogP contribution in [0.2, 0.25) is 0 Å². The number of aromatic nitrogens is 2. The van der Waals surface area contributed by atoms with Crippen LogP contribution in [0.5, 0.6) is 0 Å². The Balaban J connectivity index is 1.89. The lowest BCUT2D eigenvalue weighted by Gasteiger charge is -2.04. The largest absolute Gasteiger partial charge is 0.382 e. The molecule has 2 aromatic heterocycles. The molecule has 21 heavy (non-hydrogen) atoms. The predicted molar refractivity (Wildman–Crippen MR) is 88.2 cm³/mol. The number of thiazole rings is 2. The van der Waals surface area contributed by atoms with Crippen LogP contribution < -0.4 is 16.4 Å². The Labute approximate surface area is 131 Å². The van der Waals surface area contributed by atoms with Crippen molar-refractivity contribution in [3.05, 3.63) is 21.0 Å². The Morgan fingerprint density at radius 1 is 1.43 bits per heavy atom. The number of amides is 1. The molecule has 2 heterocycles. The van der Waals surface area contributed by atoms with Gasteiger partial charge in [0.15, 0.2) is 5.13 Å². The van der Waals surface area contributed by atoms with Gasteiger partial charge in [0, 0.05) is 24.4 Å². The summed E-state index contributed by atoms with van der Waals surface area (Å²) in [5.74, 6) is 0.0823. The van der Waals surface area contributed by atoms with Gasteiger partial charge in [0.1, 0.15) is 10.7 Å². The van der Waals surface area contributed by atoms with Crippen LogP contribution in [0.4, 0.5) is 10.9 Å². The zero-order valence-corrected chi connectivity index (χ0v) is 13.9. The lowest BCUT2D eigenvalue weighted by atomic mass is 10.3. The van der Waals surface area contributed by atoms with Gasteiger partial charge in [-0.25, -0.2) is 9.97 Å². The summed E-state index contributed by atoms with van der Waals surface area (Å²) in [6, 6.07) is 0.249. The first-order chi connectivity index (χ1) is 9.95. The van der Waals surface area contributed by atoms with Crippen molar-refractivity contribution >= 4 is 39.5 Å². The second kappa shape index (κ2) is 6.86. The molecule has 114 valence electrons. The number of aryl methyl sites for hydroxylation is 1. The molecule has 2 rings (SSSR count). The van der Waals surface area contributed by atoms with E-state index in [0.717, 1.165) is 10.7 Å². The summed E-state index contributed by atoms with van der Waals surface area (Å²) in [6.07, 6.45) is 0.714. The molecular weight excluding hydrogens is 306 g/mol. The standard InChI is InChI=1S/C13H19N5OS2/c1-7(2)16-13-18-11(14)10(21-13)12(19)15-5-4-9-6-20-8(3)17-9/h6-7H,4-5,14H2,1-3H3,(H,15,19)(H,16,18). The van der Waals surface area contributed by atoms with E-state index in [-0.39, 0.29) is 17.8 Å². The highest BCUT2D eigenvalue weighted by atomic mass is 32.1. The van der Waals surface area contributed by atoms with Crippen molar-refractivity contribution in [2.45, 2.75) is 33.2 Å². The topological polar surface area (TPSA) is 92.9 Å². The molecule has 0 aliphatic rings. The monoisotopic (exact) mass is 325 g/mol. The average molecular weight is 325 g/mol. The first kappa shape index (κ1) is 15.7. The van der Waals surface area contributed by atoms with Crippen LogP contribution in [0.25, 0.3) is 0 Å². The maximum absolute atomic E-state index is 12.1. The molecule has 2 aromatic rings. The smallest absolute Gasteiger partial charge is 0.265 e. The van der Waals surface area contributed by atoms with Crippen molar-refractivity contribution < 1.29 is 4.79 Å². The van der Waals surface area contributed by atoms with E-state index in [2.05, 4.69) is 20.6 Å². The van der Waals surface area contributed by atoms with Crippen molar-refractivity contribution in [2.24, 2.45) is 0 Å². The quantitative estimate of drug-likeness (QED) is 0.757. The molecule has 8 heteroatoms. The minimum absolute atomic E-state index is 0.186. The predicted octanol–water partition coefficient (Wildman–Crippen LogP) is 2.28. The number of carbonyl (C=O) groups excluding carboxylic acids is 1. The van der Waals surface area contributed by atoms with Crippen LogP contribution in [0, 0.1) is 6.92 Å². The van der Waals surface area contributed by atoms with Crippen LogP contribution in [-0.2, 0) is 6.42 Å². The van der Waals surface area contributed by atoms with Crippen molar-refractivity contribution in [3.8, 4) is 0 Å². The summed E-state index contributed by atoms with van der Waals surface area (Å²) in [6.45, 7) is 6.51. The SMILES string of the molecule is Cc1nc(CCNC(=O)c2sc(NC(C)C)nc2N)cs1. The zero-order chi connectivity index (χ0) is 15.4. The van der Waals surface area contributed by atoms with Gasteiger partial charge in [-0.05, 0) is 20.8 Å². The third-order valence-electron chi connectivity index (χ3n) is 2.61. The molecule has 0 unspecified atom stereocenters. The molecule has 4 N–H and O–H groups in total. The number of hydrogen-bond acceptors (Lipinski definition) is 7. The van der Waals surface area contributed by atoms with Gasteiger partial charge in [0.25, 0.3) is 5.91 Å². The molecule has 0 aromatic carbocycles. The number of nitrogen functional groups attached to an aromatic ring is 1. The highest BCUT2D eigenvalue weighted by Crippen LogP contribution is 2.25. The fourth-order valence-corrected chi connectivity index (χ4v) is 3.30. The number of nitrogens with one attached hydrogen (secondary N) is 2. The lowest BCUT2D eigenvalue weighted by Crippen LogP contribution is -2.25. The molecule has 1 amide bonds. The van der Waals surface area contributed by atoms with Gasteiger partial charge in [-0.1, -0.05) is 11.3 Å². The van der Waals surface area contributed by atoms with Crippen molar-refractivity contribution in [1.82, 2.24) is 15.3 Å². The van der Waals surface area contributed by atoms with Crippen LogP contribution >= 0.6 is 22.7 Å². The first-order valence-corrected chi connectivity index (χ1v) is 8.37. The molecule has 0 fully saturated rings. The second-order valence-electron chi connectivity index (χ2n) is 4.90. The van der Waals surface area contributed by atoms with Gasteiger partial charge in [-0.15, -0.1) is 11.3 Å². The Bertz CT molecular complexity index is 620. The fourth-order valence-electron chi connectivity index (χ4n) is 1.71. The van der Waals surface area contributed by atoms with Crippen molar-refractivity contribution in [2.75, 3.05) is 17.6 Å². The summed E-state index contributed by atoms with van der Waals surface area (Å²) in [4.78, 5) is 21.1. The minimum Gasteiger partial charge on any atom is -0.382 e. The van der Waals surface area contributed by atoms with E-state index < -0.39 is 0 Å². The molecule has 0 atom stereocenters. The Morgan fingerprint density at radius 2 is 2.19 bits per heavy atom. The third kappa shape index (κ3) is 4.40. The molecule has 0 aliphatic carbocycles. The fraction of sp³-hybridized carbons (Fsp3) is 0.462. The summed E-state index contributed by atoms with van der Waals surface area (Å²) in [5, 5.41) is 9.71. The van der Waals surface area contributed by atoms with E-state index in [9.17, 15) is 4.79 Å². The van der Waals surface area contributed by atoms with E-state index >= 15 is 0 Å². The van der Waals surface area contributed by atoms with E-state index in [4.69, 9.17) is 5.73 Å². The third-order valence-corrected chi connectivity index (χ3v) is 4.43. The maximum atomic E-state index is 12.1. The number of anilines is 2. The van der Waals surface area contributed by atoms with Gasteiger partial charge in [-0.2, -0.15) is 0 Å². The Kier molecular flexibility index (Phi) is 5.13. The first-order valence-electron chi connectivity index (χ1n) is 6.67. The average Bonchev–Trinajstić information content (AvgIpc) is 2.95. The van der Waals surface area contributed by atoms with Crippen LogP contribution in [0.15, 0.2) is 5.38 Å². The number of rotatable bonds is 6. The van der Waals surface area contributed by atoms with Crippen molar-refractivity contribution in [1.29, 1.82) is 0 Å². The van der Waals surface area contributed by atoms with Crippen LogP contribution in [0.1, 0.15) is 34.2 Å². The molecule has 0 aliphatic heterocycles. The zero-order valence-electron chi connectivity index (χ0n) is 12.3. The molecule has 0 bridgehead atoms. The van der Waals surface area contributed by atoms with E-state index in [1.807, 2.05) is 26.2 Å².